The second-order valence-electron chi connectivity index (χ2n) is 5.14. The number of carbonyl (C=O) groups excluding carboxylic acids is 1. The van der Waals surface area contributed by atoms with E-state index in [9.17, 15) is 17.6 Å². The molecule has 0 aliphatic rings. The number of esters is 1. The molecule has 0 aliphatic carbocycles. The van der Waals surface area contributed by atoms with Crippen LogP contribution >= 0.6 is 0 Å². The summed E-state index contributed by atoms with van der Waals surface area (Å²) in [5, 5.41) is 0. The van der Waals surface area contributed by atoms with Gasteiger partial charge in [0.2, 0.25) is 10.0 Å². The lowest BCUT2D eigenvalue weighted by Gasteiger charge is -2.15. The molecule has 0 saturated carbocycles. The molecule has 2 rings (SSSR count). The Labute approximate surface area is 140 Å². The predicted octanol–water partition coefficient (Wildman–Crippen LogP) is 3.04. The number of hydrogen-bond acceptors (Lipinski definition) is 4. The summed E-state index contributed by atoms with van der Waals surface area (Å²) in [5.41, 5.74) is 0.922. The second-order valence-corrected chi connectivity index (χ2v) is 6.85. The van der Waals surface area contributed by atoms with Gasteiger partial charge in [0.25, 0.3) is 0 Å². The first-order chi connectivity index (χ1) is 11.3. The van der Waals surface area contributed by atoms with Gasteiger partial charge < -0.3 is 4.74 Å². The number of rotatable bonds is 6. The molecule has 0 aliphatic heterocycles. The van der Waals surface area contributed by atoms with Crippen LogP contribution in [0.4, 0.5) is 4.39 Å². The van der Waals surface area contributed by atoms with Crippen LogP contribution in [0.15, 0.2) is 53.4 Å². The van der Waals surface area contributed by atoms with Crippen molar-refractivity contribution in [3.63, 3.8) is 0 Å². The Morgan fingerprint density at radius 2 is 1.71 bits per heavy atom. The van der Waals surface area contributed by atoms with E-state index in [1.165, 1.54) is 48.5 Å². The zero-order chi connectivity index (χ0) is 17.7. The van der Waals surface area contributed by atoms with Crippen LogP contribution in [0.2, 0.25) is 0 Å². The lowest BCUT2D eigenvalue weighted by molar-refractivity contribution is 0.0526. The van der Waals surface area contributed by atoms with Crippen molar-refractivity contribution in [3.05, 3.63) is 65.5 Å². The molecule has 0 radical (unpaired) electrons. The third-order valence-electron chi connectivity index (χ3n) is 3.38. The fourth-order valence-corrected chi connectivity index (χ4v) is 3.34. The lowest BCUT2D eigenvalue weighted by atomic mass is 10.1. The van der Waals surface area contributed by atoms with Crippen molar-refractivity contribution in [1.29, 1.82) is 0 Å². The molecule has 128 valence electrons. The van der Waals surface area contributed by atoms with Crippen LogP contribution in [-0.2, 0) is 14.8 Å². The van der Waals surface area contributed by atoms with Gasteiger partial charge in [-0.05, 0) is 55.8 Å². The van der Waals surface area contributed by atoms with Gasteiger partial charge in [-0.2, -0.15) is 0 Å². The number of hydrogen-bond donors (Lipinski definition) is 1. The summed E-state index contributed by atoms with van der Waals surface area (Å²) in [6, 6.07) is 10.5. The molecule has 5 nitrogen and oxygen atoms in total. The van der Waals surface area contributed by atoms with E-state index < -0.39 is 22.0 Å². The molecule has 0 heterocycles. The highest BCUT2D eigenvalue weighted by Gasteiger charge is 2.19. The molecule has 0 amide bonds. The average Bonchev–Trinajstić information content (AvgIpc) is 2.55. The van der Waals surface area contributed by atoms with Crippen molar-refractivity contribution >= 4 is 16.0 Å². The zero-order valence-corrected chi connectivity index (χ0v) is 14.1. The highest BCUT2D eigenvalue weighted by molar-refractivity contribution is 7.89. The van der Waals surface area contributed by atoms with Gasteiger partial charge in [-0.3, -0.25) is 0 Å². The van der Waals surface area contributed by atoms with Crippen LogP contribution in [0.5, 0.6) is 0 Å². The van der Waals surface area contributed by atoms with Gasteiger partial charge >= 0.3 is 5.97 Å². The van der Waals surface area contributed by atoms with Crippen LogP contribution in [0.1, 0.15) is 35.8 Å². The number of halogens is 1. The summed E-state index contributed by atoms with van der Waals surface area (Å²) in [6.07, 6.45) is 0. The summed E-state index contributed by atoms with van der Waals surface area (Å²) in [5.74, 6) is -0.891. The van der Waals surface area contributed by atoms with Crippen molar-refractivity contribution in [1.82, 2.24) is 4.72 Å². The highest BCUT2D eigenvalue weighted by atomic mass is 32.2. The van der Waals surface area contributed by atoms with E-state index in [-0.39, 0.29) is 22.9 Å². The van der Waals surface area contributed by atoms with Crippen LogP contribution < -0.4 is 4.72 Å². The molecular weight excluding hydrogens is 333 g/mol. The van der Waals surface area contributed by atoms with Crippen molar-refractivity contribution < 1.29 is 22.3 Å². The van der Waals surface area contributed by atoms with E-state index in [2.05, 4.69) is 4.72 Å². The van der Waals surface area contributed by atoms with Gasteiger partial charge in [-0.15, -0.1) is 0 Å². The molecule has 0 saturated heterocycles. The van der Waals surface area contributed by atoms with Gasteiger partial charge in [0.05, 0.1) is 17.1 Å². The molecular formula is C17H18FNO4S. The Morgan fingerprint density at radius 1 is 1.12 bits per heavy atom. The van der Waals surface area contributed by atoms with Crippen LogP contribution in [-0.4, -0.2) is 21.0 Å². The van der Waals surface area contributed by atoms with E-state index in [1.807, 2.05) is 0 Å². The van der Waals surface area contributed by atoms with Crippen LogP contribution in [0, 0.1) is 5.82 Å². The first-order valence-electron chi connectivity index (χ1n) is 7.38. The van der Waals surface area contributed by atoms with E-state index in [0.717, 1.165) is 0 Å². The molecule has 0 spiro atoms. The smallest absolute Gasteiger partial charge is 0.338 e. The normalized spacial score (nSPS) is 12.6. The summed E-state index contributed by atoms with van der Waals surface area (Å²) in [6.45, 7) is 3.60. The van der Waals surface area contributed by atoms with Crippen molar-refractivity contribution in [2.75, 3.05) is 6.61 Å². The monoisotopic (exact) mass is 351 g/mol. The molecule has 1 N–H and O–H groups in total. The minimum Gasteiger partial charge on any atom is -0.462 e. The number of ether oxygens (including phenoxy) is 1. The first kappa shape index (κ1) is 18.1. The predicted molar refractivity (Wildman–Crippen MR) is 87.5 cm³/mol. The Hall–Kier alpha value is -2.25. The van der Waals surface area contributed by atoms with Crippen molar-refractivity contribution in [2.24, 2.45) is 0 Å². The third kappa shape index (κ3) is 4.39. The number of sulfonamides is 1. The summed E-state index contributed by atoms with van der Waals surface area (Å²) >= 11 is 0. The molecule has 0 aromatic heterocycles. The van der Waals surface area contributed by atoms with E-state index in [0.29, 0.717) is 5.56 Å². The average molecular weight is 351 g/mol. The molecule has 2 aromatic carbocycles. The van der Waals surface area contributed by atoms with E-state index in [4.69, 9.17) is 4.74 Å². The molecule has 24 heavy (non-hydrogen) atoms. The first-order valence-corrected chi connectivity index (χ1v) is 8.87. The van der Waals surface area contributed by atoms with Gasteiger partial charge in [-0.1, -0.05) is 12.1 Å². The van der Waals surface area contributed by atoms with Gasteiger partial charge in [0, 0.05) is 6.04 Å². The maximum absolute atomic E-state index is 12.9. The van der Waals surface area contributed by atoms with Gasteiger partial charge in [0.1, 0.15) is 5.82 Å². The summed E-state index contributed by atoms with van der Waals surface area (Å²) in [4.78, 5) is 11.6. The molecule has 7 heteroatoms. The summed E-state index contributed by atoms with van der Waals surface area (Å²) in [7, 11) is -3.77. The van der Waals surface area contributed by atoms with Crippen LogP contribution in [0.25, 0.3) is 0 Å². The van der Waals surface area contributed by atoms with E-state index >= 15 is 0 Å². The molecule has 1 atom stereocenters. The van der Waals surface area contributed by atoms with Crippen LogP contribution in [0.3, 0.4) is 0 Å². The zero-order valence-electron chi connectivity index (χ0n) is 13.3. The number of carbonyl (C=O) groups is 1. The maximum atomic E-state index is 12.9. The molecule has 0 fully saturated rings. The Bertz CT molecular complexity index is 801. The second kappa shape index (κ2) is 7.55. The molecule has 2 aromatic rings. The quantitative estimate of drug-likeness (QED) is 0.812. The largest absolute Gasteiger partial charge is 0.462 e. The van der Waals surface area contributed by atoms with Crippen molar-refractivity contribution in [2.45, 2.75) is 24.8 Å². The number of nitrogens with one attached hydrogen (secondary N) is 1. The minimum absolute atomic E-state index is 0.0320. The van der Waals surface area contributed by atoms with Gasteiger partial charge in [-0.25, -0.2) is 22.3 Å². The van der Waals surface area contributed by atoms with Crippen molar-refractivity contribution in [3.8, 4) is 0 Å². The topological polar surface area (TPSA) is 72.5 Å². The van der Waals surface area contributed by atoms with E-state index in [1.54, 1.807) is 13.8 Å². The number of benzene rings is 2. The standard InChI is InChI=1S/C17H18FNO4S/c1-3-23-17(20)14-6-10-16(11-7-14)24(21,22)19-12(2)13-4-8-15(18)9-5-13/h4-12,19H,3H2,1-2H3/t12-/m0/s1. The Balaban J connectivity index is 2.15. The Kier molecular flexibility index (Phi) is 5.69. The summed E-state index contributed by atoms with van der Waals surface area (Å²) < 4.78 is 45.1. The Morgan fingerprint density at radius 3 is 2.25 bits per heavy atom. The van der Waals surface area contributed by atoms with Gasteiger partial charge in [0.15, 0.2) is 0 Å². The fourth-order valence-electron chi connectivity index (χ4n) is 2.10. The fraction of sp³-hybridized carbons (Fsp3) is 0.235. The highest BCUT2D eigenvalue weighted by Crippen LogP contribution is 2.18. The maximum Gasteiger partial charge on any atom is 0.338 e. The lowest BCUT2D eigenvalue weighted by Crippen LogP contribution is -2.27. The SMILES string of the molecule is CCOC(=O)c1ccc(S(=O)(=O)N[C@@H](C)c2ccc(F)cc2)cc1. The third-order valence-corrected chi connectivity index (χ3v) is 4.93. The molecule has 0 unspecified atom stereocenters. The minimum atomic E-state index is -3.77. The molecule has 0 bridgehead atoms.